The molecule has 12 heavy (non-hydrogen) atoms. The smallest absolute Gasteiger partial charge is 0.307 e. The highest BCUT2D eigenvalue weighted by atomic mass is 16.4. The van der Waals surface area contributed by atoms with Gasteiger partial charge in [-0.25, -0.2) is 0 Å². The van der Waals surface area contributed by atoms with Crippen molar-refractivity contribution >= 4 is 5.97 Å². The van der Waals surface area contributed by atoms with E-state index < -0.39 is 5.97 Å². The van der Waals surface area contributed by atoms with Crippen LogP contribution in [0.5, 0.6) is 0 Å². The van der Waals surface area contributed by atoms with Gasteiger partial charge in [0.2, 0.25) is 0 Å². The van der Waals surface area contributed by atoms with Crippen molar-refractivity contribution in [3.05, 3.63) is 12.2 Å². The van der Waals surface area contributed by atoms with Crippen molar-refractivity contribution < 1.29 is 9.90 Å². The van der Waals surface area contributed by atoms with Gasteiger partial charge in [0.15, 0.2) is 0 Å². The lowest BCUT2D eigenvalue weighted by Gasteiger charge is -2.25. The van der Waals surface area contributed by atoms with E-state index in [-0.39, 0.29) is 5.92 Å². The van der Waals surface area contributed by atoms with Crippen LogP contribution in [0.3, 0.4) is 0 Å². The van der Waals surface area contributed by atoms with E-state index in [2.05, 4.69) is 12.2 Å². The Kier molecular flexibility index (Phi) is 1.07. The maximum atomic E-state index is 10.9. The van der Waals surface area contributed by atoms with Crippen LogP contribution in [-0.2, 0) is 4.79 Å². The molecule has 2 fully saturated rings. The lowest BCUT2D eigenvalue weighted by molar-refractivity contribution is -0.145. The van der Waals surface area contributed by atoms with E-state index in [9.17, 15) is 4.79 Å². The van der Waals surface area contributed by atoms with Crippen molar-refractivity contribution in [2.75, 3.05) is 0 Å². The van der Waals surface area contributed by atoms with E-state index in [1.54, 1.807) is 0 Å². The zero-order valence-electron chi connectivity index (χ0n) is 6.81. The average molecular weight is 164 g/mol. The number of allylic oxidation sites excluding steroid dienone is 2. The molecular formula is C10H12O2. The van der Waals surface area contributed by atoms with Gasteiger partial charge in [-0.1, -0.05) is 12.2 Å². The Hall–Kier alpha value is -0.790. The van der Waals surface area contributed by atoms with Crippen LogP contribution >= 0.6 is 0 Å². The van der Waals surface area contributed by atoms with Crippen molar-refractivity contribution in [1.29, 1.82) is 0 Å². The van der Waals surface area contributed by atoms with E-state index >= 15 is 0 Å². The van der Waals surface area contributed by atoms with Gasteiger partial charge in [-0.2, -0.15) is 0 Å². The van der Waals surface area contributed by atoms with Crippen LogP contribution < -0.4 is 0 Å². The molecule has 3 aliphatic rings. The molecule has 0 amide bonds. The Morgan fingerprint density at radius 3 is 2.33 bits per heavy atom. The van der Waals surface area contributed by atoms with E-state index in [1.165, 1.54) is 6.42 Å². The van der Waals surface area contributed by atoms with Crippen molar-refractivity contribution in [3.8, 4) is 0 Å². The van der Waals surface area contributed by atoms with Crippen molar-refractivity contribution in [2.24, 2.45) is 29.6 Å². The molecule has 0 unspecified atom stereocenters. The molecule has 0 aromatic rings. The zero-order valence-corrected chi connectivity index (χ0v) is 6.81. The number of carboxylic acids is 1. The molecular weight excluding hydrogens is 152 g/mol. The van der Waals surface area contributed by atoms with Gasteiger partial charge in [0.25, 0.3) is 0 Å². The summed E-state index contributed by atoms with van der Waals surface area (Å²) < 4.78 is 0. The Labute approximate surface area is 71.3 Å². The molecule has 0 aliphatic heterocycles. The average Bonchev–Trinajstić information content (AvgIpc) is 2.66. The van der Waals surface area contributed by atoms with E-state index in [0.29, 0.717) is 23.7 Å². The van der Waals surface area contributed by atoms with Crippen LogP contribution in [-0.4, -0.2) is 11.1 Å². The molecule has 2 heteroatoms. The fraction of sp³-hybridized carbons (Fsp3) is 0.700. The highest BCUT2D eigenvalue weighted by molar-refractivity contribution is 5.72. The molecule has 3 aliphatic carbocycles. The van der Waals surface area contributed by atoms with Crippen LogP contribution in [0.4, 0.5) is 0 Å². The zero-order chi connectivity index (χ0) is 8.29. The van der Waals surface area contributed by atoms with E-state index in [1.807, 2.05) is 0 Å². The summed E-state index contributed by atoms with van der Waals surface area (Å²) in [5.41, 5.74) is 0. The molecule has 0 aromatic heterocycles. The second kappa shape index (κ2) is 1.93. The van der Waals surface area contributed by atoms with Crippen LogP contribution in [0.2, 0.25) is 0 Å². The molecule has 0 heterocycles. The molecule has 2 nitrogen and oxygen atoms in total. The standard InChI is InChI=1S/C10H12O2/c11-10(12)9-7-3-1-5-6(7)2-4-8(5)9/h1,3,5-9H,2,4H2,(H,11,12)/t5-,6+,7+,8-,9-/m0/s1. The molecule has 0 aromatic carbocycles. The Bertz CT molecular complexity index is 269. The van der Waals surface area contributed by atoms with E-state index in [0.717, 1.165) is 6.42 Å². The Morgan fingerprint density at radius 1 is 1.17 bits per heavy atom. The van der Waals surface area contributed by atoms with Gasteiger partial charge in [0.05, 0.1) is 5.92 Å². The number of rotatable bonds is 1. The highest BCUT2D eigenvalue weighted by Crippen LogP contribution is 2.60. The summed E-state index contributed by atoms with van der Waals surface area (Å²) in [7, 11) is 0. The van der Waals surface area contributed by atoms with Crippen LogP contribution in [0.25, 0.3) is 0 Å². The summed E-state index contributed by atoms with van der Waals surface area (Å²) in [6.45, 7) is 0. The van der Waals surface area contributed by atoms with Crippen molar-refractivity contribution in [2.45, 2.75) is 12.8 Å². The lowest BCUT2D eigenvalue weighted by atomic mass is 9.78. The second-order valence-electron chi connectivity index (χ2n) is 4.31. The van der Waals surface area contributed by atoms with E-state index in [4.69, 9.17) is 5.11 Å². The van der Waals surface area contributed by atoms with Gasteiger partial charge in [-0.15, -0.1) is 0 Å². The summed E-state index contributed by atoms with van der Waals surface area (Å²) in [5, 5.41) is 9.02. The molecule has 64 valence electrons. The summed E-state index contributed by atoms with van der Waals surface area (Å²) >= 11 is 0. The third-order valence-corrected chi connectivity index (χ3v) is 4.03. The highest BCUT2D eigenvalue weighted by Gasteiger charge is 2.57. The Morgan fingerprint density at radius 2 is 1.83 bits per heavy atom. The molecule has 5 atom stereocenters. The lowest BCUT2D eigenvalue weighted by Crippen LogP contribution is -2.29. The van der Waals surface area contributed by atoms with Crippen LogP contribution in [0.15, 0.2) is 12.2 Å². The summed E-state index contributed by atoms with van der Waals surface area (Å²) in [5.74, 6) is 1.56. The van der Waals surface area contributed by atoms with Crippen molar-refractivity contribution in [3.63, 3.8) is 0 Å². The fourth-order valence-electron chi connectivity index (χ4n) is 3.66. The summed E-state index contributed by atoms with van der Waals surface area (Å²) in [6, 6.07) is 0. The SMILES string of the molecule is O=C(O)[C@H]1[C@@H]2C=C[C@H]3[C@H]2CC[C@@H]31. The minimum absolute atomic E-state index is 0.0428. The Balaban J connectivity index is 2.01. The largest absolute Gasteiger partial charge is 0.481 e. The fourth-order valence-corrected chi connectivity index (χ4v) is 3.66. The summed E-state index contributed by atoms with van der Waals surface area (Å²) in [4.78, 5) is 10.9. The predicted octanol–water partition coefficient (Wildman–Crippen LogP) is 1.53. The molecule has 4 bridgehead atoms. The summed E-state index contributed by atoms with van der Waals surface area (Å²) in [6.07, 6.45) is 6.81. The quantitative estimate of drug-likeness (QED) is 0.597. The van der Waals surface area contributed by atoms with Gasteiger partial charge in [0, 0.05) is 0 Å². The minimum atomic E-state index is -0.568. The van der Waals surface area contributed by atoms with Gasteiger partial charge in [-0.05, 0) is 36.5 Å². The number of aliphatic carboxylic acids is 1. The van der Waals surface area contributed by atoms with Crippen molar-refractivity contribution in [1.82, 2.24) is 0 Å². The third kappa shape index (κ3) is 0.563. The molecule has 3 rings (SSSR count). The minimum Gasteiger partial charge on any atom is -0.481 e. The predicted molar refractivity (Wildman–Crippen MR) is 43.5 cm³/mol. The number of hydrogen-bond acceptors (Lipinski definition) is 1. The monoisotopic (exact) mass is 164 g/mol. The maximum absolute atomic E-state index is 10.9. The van der Waals surface area contributed by atoms with Gasteiger partial charge in [-0.3, -0.25) is 4.79 Å². The first-order valence-electron chi connectivity index (χ1n) is 4.70. The maximum Gasteiger partial charge on any atom is 0.307 e. The molecule has 0 saturated heterocycles. The van der Waals surface area contributed by atoms with Crippen LogP contribution in [0, 0.1) is 29.6 Å². The van der Waals surface area contributed by atoms with Gasteiger partial charge in [0.1, 0.15) is 0 Å². The topological polar surface area (TPSA) is 37.3 Å². The van der Waals surface area contributed by atoms with Gasteiger partial charge < -0.3 is 5.11 Å². The van der Waals surface area contributed by atoms with Gasteiger partial charge >= 0.3 is 5.97 Å². The normalized spacial score (nSPS) is 53.5. The molecule has 2 saturated carbocycles. The molecule has 0 radical (unpaired) electrons. The first-order valence-corrected chi connectivity index (χ1v) is 4.70. The number of carbonyl (C=O) groups is 1. The second-order valence-corrected chi connectivity index (χ2v) is 4.31. The first-order chi connectivity index (χ1) is 5.79. The first kappa shape index (κ1) is 6.70. The number of carboxylic acid groups (broad SMARTS) is 1. The van der Waals surface area contributed by atoms with Crippen LogP contribution in [0.1, 0.15) is 12.8 Å². The molecule has 0 spiro atoms. The number of hydrogen-bond donors (Lipinski definition) is 1. The molecule has 1 N–H and O–H groups in total. The third-order valence-electron chi connectivity index (χ3n) is 4.03.